The van der Waals surface area contributed by atoms with Gasteiger partial charge < -0.3 is 0 Å². The molecule has 0 saturated heterocycles. The van der Waals surface area contributed by atoms with Crippen LogP contribution in [0.5, 0.6) is 0 Å². The maximum atomic E-state index is 13.5. The van der Waals surface area contributed by atoms with E-state index in [1.165, 1.54) is 19.9 Å². The number of rotatable bonds is 4. The van der Waals surface area contributed by atoms with Gasteiger partial charge in [-0.05, 0) is 32.8 Å². The fraction of sp³-hybridized carbons (Fsp3) is 0.583. The third-order valence-electron chi connectivity index (χ3n) is 2.12. The molecule has 0 fully saturated rings. The Morgan fingerprint density at radius 1 is 1.43 bits per heavy atom. The van der Waals surface area contributed by atoms with Crippen molar-refractivity contribution in [2.75, 3.05) is 0 Å². The van der Waals surface area contributed by atoms with Crippen LogP contribution in [0.25, 0.3) is 0 Å². The van der Waals surface area contributed by atoms with Gasteiger partial charge in [0.25, 0.3) is 0 Å². The van der Waals surface area contributed by atoms with Crippen LogP contribution in [0.4, 0.5) is 4.39 Å². The van der Waals surface area contributed by atoms with Gasteiger partial charge in [0.05, 0.1) is 5.71 Å². The van der Waals surface area contributed by atoms with Crippen molar-refractivity contribution in [2.24, 2.45) is 10.9 Å². The van der Waals surface area contributed by atoms with Crippen molar-refractivity contribution in [1.82, 2.24) is 0 Å². The Balaban J connectivity index is 4.81. The van der Waals surface area contributed by atoms with Gasteiger partial charge in [-0.1, -0.05) is 26.0 Å². The number of halogens is 1. The average Bonchev–Trinajstić information content (AvgIpc) is 2.02. The molecule has 0 saturated carbocycles. The Hall–Kier alpha value is -0.920. The molecule has 0 heterocycles. The first-order chi connectivity index (χ1) is 6.29. The lowest BCUT2D eigenvalue weighted by Gasteiger charge is -2.13. The summed E-state index contributed by atoms with van der Waals surface area (Å²) in [5.74, 6) is 0.438. The van der Waals surface area contributed by atoms with Crippen LogP contribution in [0.15, 0.2) is 29.4 Å². The largest absolute Gasteiger partial charge is 0.258 e. The predicted octanol–water partition coefficient (Wildman–Crippen LogP) is 3.92. The van der Waals surface area contributed by atoms with Crippen LogP contribution < -0.4 is 0 Å². The second-order valence-electron chi connectivity index (χ2n) is 4.22. The third kappa shape index (κ3) is 4.35. The summed E-state index contributed by atoms with van der Waals surface area (Å²) >= 11 is 0. The minimum absolute atomic E-state index is 0.373. The second kappa shape index (κ2) is 5.08. The van der Waals surface area contributed by atoms with E-state index in [2.05, 4.69) is 25.4 Å². The highest BCUT2D eigenvalue weighted by molar-refractivity contribution is 6.01. The molecule has 0 aliphatic rings. The molecule has 0 aromatic carbocycles. The van der Waals surface area contributed by atoms with Crippen molar-refractivity contribution >= 4 is 5.71 Å². The van der Waals surface area contributed by atoms with Gasteiger partial charge in [0.2, 0.25) is 0 Å². The molecule has 1 nitrogen and oxygen atoms in total. The van der Waals surface area contributed by atoms with Gasteiger partial charge in [0.1, 0.15) is 5.67 Å². The smallest absolute Gasteiger partial charge is 0.147 e. The summed E-state index contributed by atoms with van der Waals surface area (Å²) < 4.78 is 13.5. The lowest BCUT2D eigenvalue weighted by atomic mass is 10.0. The lowest BCUT2D eigenvalue weighted by molar-refractivity contribution is 0.315. The number of allylic oxidation sites excluding steroid dienone is 2. The molecule has 0 amide bonds. The molecule has 0 N–H and O–H groups in total. The summed E-state index contributed by atoms with van der Waals surface area (Å²) in [5, 5.41) is 0. The number of alkyl halides is 1. The molecule has 0 unspecified atom stereocenters. The fourth-order valence-electron chi connectivity index (χ4n) is 0.769. The maximum Gasteiger partial charge on any atom is 0.147 e. The first-order valence-electron chi connectivity index (χ1n) is 4.85. The van der Waals surface area contributed by atoms with Crippen LogP contribution in [0, 0.1) is 5.92 Å². The number of hydrogen-bond donors (Lipinski definition) is 0. The van der Waals surface area contributed by atoms with Crippen LogP contribution in [-0.4, -0.2) is 11.4 Å². The molecule has 0 rings (SSSR count). The SMILES string of the molecule is C=CC(=N/C=C(\C)C(C)C)C(C)(C)F. The van der Waals surface area contributed by atoms with E-state index < -0.39 is 5.67 Å². The van der Waals surface area contributed by atoms with E-state index in [-0.39, 0.29) is 0 Å². The minimum atomic E-state index is -1.42. The molecule has 14 heavy (non-hydrogen) atoms. The molecule has 0 aliphatic heterocycles. The Labute approximate surface area is 86.4 Å². The van der Waals surface area contributed by atoms with Crippen LogP contribution in [0.1, 0.15) is 34.6 Å². The summed E-state index contributed by atoms with van der Waals surface area (Å²) in [7, 11) is 0. The molecular weight excluding hydrogens is 177 g/mol. The Morgan fingerprint density at radius 3 is 2.21 bits per heavy atom. The van der Waals surface area contributed by atoms with Gasteiger partial charge in [-0.25, -0.2) is 4.39 Å². The maximum absolute atomic E-state index is 13.5. The van der Waals surface area contributed by atoms with E-state index in [0.29, 0.717) is 11.6 Å². The van der Waals surface area contributed by atoms with Gasteiger partial charge in [-0.2, -0.15) is 0 Å². The highest BCUT2D eigenvalue weighted by atomic mass is 19.1. The number of hydrogen-bond acceptors (Lipinski definition) is 1. The van der Waals surface area contributed by atoms with E-state index in [1.54, 1.807) is 6.20 Å². The van der Waals surface area contributed by atoms with Crippen molar-refractivity contribution in [3.63, 3.8) is 0 Å². The Kier molecular flexibility index (Phi) is 4.75. The van der Waals surface area contributed by atoms with Gasteiger partial charge in [0, 0.05) is 6.20 Å². The fourth-order valence-corrected chi connectivity index (χ4v) is 0.769. The van der Waals surface area contributed by atoms with Crippen LogP contribution in [0.2, 0.25) is 0 Å². The van der Waals surface area contributed by atoms with Gasteiger partial charge >= 0.3 is 0 Å². The highest BCUT2D eigenvalue weighted by Gasteiger charge is 2.20. The molecule has 80 valence electrons. The molecule has 0 aromatic heterocycles. The first-order valence-corrected chi connectivity index (χ1v) is 4.85. The molecule has 0 spiro atoms. The van der Waals surface area contributed by atoms with Gasteiger partial charge in [-0.15, -0.1) is 0 Å². The highest BCUT2D eigenvalue weighted by Crippen LogP contribution is 2.14. The van der Waals surface area contributed by atoms with E-state index in [4.69, 9.17) is 0 Å². The van der Waals surface area contributed by atoms with Crippen molar-refractivity contribution in [1.29, 1.82) is 0 Å². The Morgan fingerprint density at radius 2 is 1.93 bits per heavy atom. The molecule has 2 heteroatoms. The lowest BCUT2D eigenvalue weighted by Crippen LogP contribution is -2.23. The molecule has 0 atom stereocenters. The monoisotopic (exact) mass is 197 g/mol. The molecule has 0 radical (unpaired) electrons. The zero-order valence-corrected chi connectivity index (χ0v) is 9.76. The van der Waals surface area contributed by atoms with E-state index in [1.807, 2.05) is 6.92 Å². The second-order valence-corrected chi connectivity index (χ2v) is 4.22. The summed E-state index contributed by atoms with van der Waals surface area (Å²) in [6.45, 7) is 12.7. The van der Waals surface area contributed by atoms with Crippen molar-refractivity contribution in [2.45, 2.75) is 40.3 Å². The van der Waals surface area contributed by atoms with Crippen LogP contribution in [-0.2, 0) is 0 Å². The number of aliphatic imine (C=N–C) groups is 1. The standard InChI is InChI=1S/C12H20FN/c1-7-11(12(5,6)13)14-8-10(4)9(2)3/h7-9H,1H2,2-6H3/b10-8+,14-11?. The summed E-state index contributed by atoms with van der Waals surface area (Å²) in [5.41, 5.74) is 0.0845. The third-order valence-corrected chi connectivity index (χ3v) is 2.12. The van der Waals surface area contributed by atoms with E-state index in [9.17, 15) is 4.39 Å². The quantitative estimate of drug-likeness (QED) is 0.606. The van der Waals surface area contributed by atoms with Gasteiger partial charge in [0.15, 0.2) is 0 Å². The van der Waals surface area contributed by atoms with Crippen molar-refractivity contribution in [3.8, 4) is 0 Å². The van der Waals surface area contributed by atoms with E-state index >= 15 is 0 Å². The number of nitrogens with zero attached hydrogens (tertiary/aromatic N) is 1. The zero-order valence-electron chi connectivity index (χ0n) is 9.76. The molecular formula is C12H20FN. The molecule has 0 aliphatic carbocycles. The first kappa shape index (κ1) is 13.1. The topological polar surface area (TPSA) is 12.4 Å². The normalized spacial score (nSPS) is 14.8. The molecule has 0 bridgehead atoms. The summed E-state index contributed by atoms with van der Waals surface area (Å²) in [4.78, 5) is 4.10. The van der Waals surface area contributed by atoms with Crippen molar-refractivity contribution < 1.29 is 4.39 Å². The average molecular weight is 197 g/mol. The van der Waals surface area contributed by atoms with Crippen LogP contribution >= 0.6 is 0 Å². The molecule has 0 aromatic rings. The summed E-state index contributed by atoms with van der Waals surface area (Å²) in [6, 6.07) is 0. The van der Waals surface area contributed by atoms with E-state index in [0.717, 1.165) is 5.57 Å². The zero-order chi connectivity index (χ0) is 11.4. The minimum Gasteiger partial charge on any atom is -0.258 e. The van der Waals surface area contributed by atoms with Crippen molar-refractivity contribution in [3.05, 3.63) is 24.4 Å². The van der Waals surface area contributed by atoms with Gasteiger partial charge in [-0.3, -0.25) is 4.99 Å². The van der Waals surface area contributed by atoms with Crippen LogP contribution in [0.3, 0.4) is 0 Å². The summed E-state index contributed by atoms with van der Waals surface area (Å²) in [6.07, 6.45) is 3.17. The Bertz CT molecular complexity index is 254. The predicted molar refractivity (Wildman–Crippen MR) is 61.4 cm³/mol.